The summed E-state index contributed by atoms with van der Waals surface area (Å²) in [6.07, 6.45) is -1.16. The normalized spacial score (nSPS) is 19.6. The van der Waals surface area contributed by atoms with Crippen molar-refractivity contribution in [1.29, 1.82) is 0 Å². The van der Waals surface area contributed by atoms with Gasteiger partial charge in [-0.05, 0) is 50.6 Å². The maximum atomic E-state index is 12.2. The molecular weight excluding hydrogens is 376 g/mol. The molecule has 3 rings (SSSR count). The third kappa shape index (κ3) is 5.23. The van der Waals surface area contributed by atoms with Crippen LogP contribution in [0, 0.1) is 0 Å². The van der Waals surface area contributed by atoms with Crippen molar-refractivity contribution in [2.45, 2.75) is 32.5 Å². The van der Waals surface area contributed by atoms with E-state index in [1.54, 1.807) is 4.90 Å². The van der Waals surface area contributed by atoms with E-state index in [2.05, 4.69) is 14.9 Å². The quantitative estimate of drug-likeness (QED) is 0.435. The molecular formula is C19H26N6O4. The van der Waals surface area contributed by atoms with Gasteiger partial charge in [0.15, 0.2) is 0 Å². The Hall–Kier alpha value is -3.13. The molecule has 1 atom stereocenters. The Morgan fingerprint density at radius 3 is 2.41 bits per heavy atom. The Kier molecular flexibility index (Phi) is 6.03. The largest absolute Gasteiger partial charge is 0.444 e. The van der Waals surface area contributed by atoms with Crippen LogP contribution in [-0.2, 0) is 9.47 Å². The summed E-state index contributed by atoms with van der Waals surface area (Å²) in [7, 11) is 0. The Morgan fingerprint density at radius 2 is 1.83 bits per heavy atom. The van der Waals surface area contributed by atoms with Gasteiger partial charge >= 0.3 is 12.2 Å². The van der Waals surface area contributed by atoms with Crippen molar-refractivity contribution >= 4 is 23.6 Å². The summed E-state index contributed by atoms with van der Waals surface area (Å²) in [6.45, 7) is 8.65. The summed E-state index contributed by atoms with van der Waals surface area (Å²) in [6, 6.07) is 7.64. The number of cyclic esters (lactones) is 1. The van der Waals surface area contributed by atoms with E-state index < -0.39 is 17.8 Å². The number of ether oxygens (including phenoxy) is 2. The van der Waals surface area contributed by atoms with Crippen molar-refractivity contribution < 1.29 is 19.1 Å². The summed E-state index contributed by atoms with van der Waals surface area (Å²) >= 11 is 0. The van der Waals surface area contributed by atoms with E-state index in [9.17, 15) is 9.59 Å². The first-order chi connectivity index (χ1) is 13.8. The van der Waals surface area contributed by atoms with Gasteiger partial charge in [-0.25, -0.2) is 9.59 Å². The van der Waals surface area contributed by atoms with E-state index in [4.69, 9.17) is 15.0 Å². The highest BCUT2D eigenvalue weighted by Crippen LogP contribution is 2.26. The number of piperazine rings is 1. The zero-order valence-electron chi connectivity index (χ0n) is 16.9. The van der Waals surface area contributed by atoms with Crippen LogP contribution < -0.4 is 9.80 Å². The maximum absolute atomic E-state index is 12.2. The Balaban J connectivity index is 1.55. The van der Waals surface area contributed by atoms with Crippen molar-refractivity contribution in [2.24, 2.45) is 5.11 Å². The number of benzene rings is 1. The van der Waals surface area contributed by atoms with E-state index in [1.807, 2.05) is 45.0 Å². The molecule has 0 spiro atoms. The smallest absolute Gasteiger partial charge is 0.414 e. The summed E-state index contributed by atoms with van der Waals surface area (Å²) < 4.78 is 10.6. The minimum atomic E-state index is -0.499. The molecule has 2 heterocycles. The van der Waals surface area contributed by atoms with Crippen LogP contribution in [-0.4, -0.2) is 68.1 Å². The maximum Gasteiger partial charge on any atom is 0.414 e. The van der Waals surface area contributed by atoms with Crippen molar-refractivity contribution in [2.75, 3.05) is 49.1 Å². The van der Waals surface area contributed by atoms with Gasteiger partial charge in [-0.2, -0.15) is 0 Å². The molecule has 10 nitrogen and oxygen atoms in total. The highest BCUT2D eigenvalue weighted by Gasteiger charge is 2.32. The zero-order chi connectivity index (χ0) is 21.0. The lowest BCUT2D eigenvalue weighted by atomic mass is 10.2. The summed E-state index contributed by atoms with van der Waals surface area (Å²) in [5.41, 5.74) is 9.65. The fourth-order valence-corrected chi connectivity index (χ4v) is 3.27. The van der Waals surface area contributed by atoms with Gasteiger partial charge in [0.05, 0.1) is 13.1 Å². The Bertz CT molecular complexity index is 792. The number of rotatable bonds is 4. The van der Waals surface area contributed by atoms with Crippen molar-refractivity contribution in [3.8, 4) is 0 Å². The fourth-order valence-electron chi connectivity index (χ4n) is 3.27. The first kappa shape index (κ1) is 20.6. The first-order valence-corrected chi connectivity index (χ1v) is 9.59. The van der Waals surface area contributed by atoms with E-state index in [0.29, 0.717) is 32.7 Å². The topological polar surface area (TPSA) is 111 Å². The van der Waals surface area contributed by atoms with Gasteiger partial charge in [0.25, 0.3) is 0 Å². The van der Waals surface area contributed by atoms with Gasteiger partial charge in [0, 0.05) is 42.5 Å². The summed E-state index contributed by atoms with van der Waals surface area (Å²) in [5.74, 6) is 0. The fraction of sp³-hybridized carbons (Fsp3) is 0.579. The number of carbonyl (C=O) groups is 2. The molecule has 1 aromatic carbocycles. The van der Waals surface area contributed by atoms with Gasteiger partial charge in [-0.3, -0.25) is 4.90 Å². The minimum absolute atomic E-state index is 0.124. The average Bonchev–Trinajstić information content (AvgIpc) is 3.06. The molecule has 2 aliphatic heterocycles. The van der Waals surface area contributed by atoms with Crippen LogP contribution in [0.3, 0.4) is 0 Å². The molecule has 1 aromatic rings. The van der Waals surface area contributed by atoms with Crippen LogP contribution in [0.5, 0.6) is 0 Å². The van der Waals surface area contributed by atoms with E-state index in [-0.39, 0.29) is 12.6 Å². The molecule has 0 N–H and O–H groups in total. The average molecular weight is 402 g/mol. The zero-order valence-corrected chi connectivity index (χ0v) is 16.9. The molecule has 2 amide bonds. The Morgan fingerprint density at radius 1 is 1.21 bits per heavy atom. The lowest BCUT2D eigenvalue weighted by Crippen LogP contribution is -2.50. The minimum Gasteiger partial charge on any atom is -0.444 e. The molecule has 0 radical (unpaired) electrons. The molecule has 2 fully saturated rings. The first-order valence-electron chi connectivity index (χ1n) is 9.59. The predicted octanol–water partition coefficient (Wildman–Crippen LogP) is 3.38. The Labute approximate surface area is 169 Å². The molecule has 156 valence electrons. The number of nitrogens with zero attached hydrogens (tertiary/aromatic N) is 6. The van der Waals surface area contributed by atoms with Gasteiger partial charge in [-0.1, -0.05) is 5.11 Å². The molecule has 0 aliphatic carbocycles. The number of hydrogen-bond acceptors (Lipinski definition) is 6. The van der Waals surface area contributed by atoms with E-state index in [1.165, 1.54) is 4.90 Å². The number of azide groups is 1. The van der Waals surface area contributed by atoms with Gasteiger partial charge < -0.3 is 19.3 Å². The number of hydrogen-bond donors (Lipinski definition) is 0. The molecule has 0 bridgehead atoms. The SMILES string of the molecule is CC(C)(C)OC(=O)N1CCN(c2ccc(N3C[C@H](CN=[N+]=[N-])OC3=O)cc2)CC1. The van der Waals surface area contributed by atoms with Crippen LogP contribution in [0.25, 0.3) is 10.4 Å². The number of amides is 2. The lowest BCUT2D eigenvalue weighted by molar-refractivity contribution is 0.0240. The van der Waals surface area contributed by atoms with Crippen LogP contribution in [0.2, 0.25) is 0 Å². The molecule has 0 saturated carbocycles. The predicted molar refractivity (Wildman–Crippen MR) is 108 cm³/mol. The van der Waals surface area contributed by atoms with E-state index >= 15 is 0 Å². The van der Waals surface area contributed by atoms with Gasteiger partial charge in [-0.15, -0.1) is 0 Å². The van der Waals surface area contributed by atoms with Crippen LogP contribution >= 0.6 is 0 Å². The molecule has 0 aromatic heterocycles. The number of carbonyl (C=O) groups excluding carboxylic acids is 2. The van der Waals surface area contributed by atoms with Crippen molar-refractivity contribution in [3.63, 3.8) is 0 Å². The van der Waals surface area contributed by atoms with Crippen molar-refractivity contribution in [1.82, 2.24) is 4.90 Å². The van der Waals surface area contributed by atoms with Crippen LogP contribution in [0.4, 0.5) is 21.0 Å². The summed E-state index contributed by atoms with van der Waals surface area (Å²) in [5, 5.41) is 3.46. The van der Waals surface area contributed by atoms with Crippen LogP contribution in [0.15, 0.2) is 29.4 Å². The third-order valence-electron chi connectivity index (χ3n) is 4.68. The van der Waals surface area contributed by atoms with Gasteiger partial charge in [0.1, 0.15) is 11.7 Å². The monoisotopic (exact) mass is 402 g/mol. The third-order valence-corrected chi connectivity index (χ3v) is 4.68. The molecule has 2 aliphatic rings. The lowest BCUT2D eigenvalue weighted by Gasteiger charge is -2.36. The standard InChI is InChI=1S/C19H26N6O4/c1-19(2,3)29-17(26)24-10-8-23(9-11-24)14-4-6-15(7-5-14)25-13-16(12-21-22-20)28-18(25)27/h4-7,16H,8-13H2,1-3H3/t16-/m0/s1. The van der Waals surface area contributed by atoms with Gasteiger partial charge in [0.2, 0.25) is 0 Å². The number of anilines is 2. The second-order valence-electron chi connectivity index (χ2n) is 8.00. The van der Waals surface area contributed by atoms with Crippen LogP contribution in [0.1, 0.15) is 20.8 Å². The highest BCUT2D eigenvalue weighted by molar-refractivity contribution is 5.90. The highest BCUT2D eigenvalue weighted by atomic mass is 16.6. The van der Waals surface area contributed by atoms with Crippen molar-refractivity contribution in [3.05, 3.63) is 34.7 Å². The second-order valence-corrected chi connectivity index (χ2v) is 8.00. The van der Waals surface area contributed by atoms with E-state index in [0.717, 1.165) is 11.4 Å². The molecule has 29 heavy (non-hydrogen) atoms. The summed E-state index contributed by atoms with van der Waals surface area (Å²) in [4.78, 5) is 32.4. The molecule has 2 saturated heterocycles. The molecule has 0 unspecified atom stereocenters. The second kappa shape index (κ2) is 8.48. The molecule has 10 heteroatoms.